The third kappa shape index (κ3) is 3.41. The minimum atomic E-state index is 0.354. The lowest BCUT2D eigenvalue weighted by molar-refractivity contribution is 0.573. The van der Waals surface area contributed by atoms with Crippen molar-refractivity contribution < 1.29 is 0 Å². The molecule has 0 radical (unpaired) electrons. The van der Waals surface area contributed by atoms with E-state index in [1.165, 1.54) is 16.7 Å². The average molecular weight is 240 g/mol. The van der Waals surface area contributed by atoms with Gasteiger partial charge in [-0.05, 0) is 38.0 Å². The lowest BCUT2D eigenvalue weighted by atomic mass is 10.1. The Morgan fingerprint density at radius 1 is 1.06 bits per heavy atom. The summed E-state index contributed by atoms with van der Waals surface area (Å²) in [5, 5.41) is 3.51. The number of benzene rings is 1. The molecule has 0 bridgehead atoms. The van der Waals surface area contributed by atoms with E-state index in [1.54, 1.807) is 0 Å². The largest absolute Gasteiger partial charge is 0.306 e. The molecule has 2 aromatic rings. The molecule has 0 aliphatic carbocycles. The van der Waals surface area contributed by atoms with Crippen LogP contribution >= 0.6 is 0 Å². The van der Waals surface area contributed by atoms with Crippen LogP contribution in [-0.2, 0) is 6.54 Å². The van der Waals surface area contributed by atoms with Gasteiger partial charge >= 0.3 is 0 Å². The molecule has 0 unspecified atom stereocenters. The Hall–Kier alpha value is -1.67. The van der Waals surface area contributed by atoms with E-state index in [9.17, 15) is 0 Å². The van der Waals surface area contributed by atoms with Gasteiger partial charge in [0.05, 0.1) is 0 Å². The molecule has 1 aromatic carbocycles. The quantitative estimate of drug-likeness (QED) is 0.884. The molecule has 0 aliphatic rings. The second-order valence-corrected chi connectivity index (χ2v) is 4.82. The second-order valence-electron chi connectivity index (χ2n) is 4.82. The number of hydrogen-bond acceptors (Lipinski definition) is 2. The summed E-state index contributed by atoms with van der Waals surface area (Å²) in [6.07, 6.45) is 1.93. The van der Waals surface area contributed by atoms with Crippen LogP contribution in [0.3, 0.4) is 0 Å². The summed E-state index contributed by atoms with van der Waals surface area (Å²) in [5.41, 5.74) is 4.90. The van der Waals surface area contributed by atoms with Crippen LogP contribution in [0, 0.1) is 13.8 Å². The Morgan fingerprint density at radius 3 is 2.39 bits per heavy atom. The molecule has 0 fully saturated rings. The third-order valence-electron chi connectivity index (χ3n) is 3.16. The zero-order valence-electron chi connectivity index (χ0n) is 11.3. The number of hydrogen-bond donors (Lipinski definition) is 1. The molecule has 0 saturated heterocycles. The normalized spacial score (nSPS) is 12.4. The Bertz CT molecular complexity index is 486. The van der Waals surface area contributed by atoms with E-state index in [0.717, 1.165) is 12.2 Å². The monoisotopic (exact) mass is 240 g/mol. The highest BCUT2D eigenvalue weighted by molar-refractivity contribution is 5.24. The molecule has 18 heavy (non-hydrogen) atoms. The number of rotatable bonds is 4. The van der Waals surface area contributed by atoms with Crippen molar-refractivity contribution in [1.82, 2.24) is 10.3 Å². The van der Waals surface area contributed by atoms with Crippen molar-refractivity contribution in [2.45, 2.75) is 33.4 Å². The minimum absolute atomic E-state index is 0.354. The summed E-state index contributed by atoms with van der Waals surface area (Å²) < 4.78 is 0. The van der Waals surface area contributed by atoms with Gasteiger partial charge in [0, 0.05) is 24.5 Å². The number of nitrogens with one attached hydrogen (secondary N) is 1. The summed E-state index contributed by atoms with van der Waals surface area (Å²) >= 11 is 0. The molecule has 0 spiro atoms. The van der Waals surface area contributed by atoms with E-state index in [1.807, 2.05) is 19.2 Å². The number of aromatic nitrogens is 1. The highest BCUT2D eigenvalue weighted by atomic mass is 14.9. The Morgan fingerprint density at radius 2 is 1.78 bits per heavy atom. The maximum atomic E-state index is 4.30. The highest BCUT2D eigenvalue weighted by Crippen LogP contribution is 2.13. The van der Waals surface area contributed by atoms with Gasteiger partial charge in [-0.3, -0.25) is 4.98 Å². The zero-order valence-corrected chi connectivity index (χ0v) is 11.3. The molecule has 1 atom stereocenters. The van der Waals surface area contributed by atoms with Crippen LogP contribution in [0.5, 0.6) is 0 Å². The Labute approximate surface area is 109 Å². The van der Waals surface area contributed by atoms with Gasteiger partial charge < -0.3 is 5.32 Å². The van der Waals surface area contributed by atoms with Gasteiger partial charge in [-0.15, -0.1) is 0 Å². The fourth-order valence-corrected chi connectivity index (χ4v) is 1.85. The third-order valence-corrected chi connectivity index (χ3v) is 3.16. The van der Waals surface area contributed by atoms with Gasteiger partial charge in [0.25, 0.3) is 0 Å². The van der Waals surface area contributed by atoms with E-state index < -0.39 is 0 Å². The first-order valence-electron chi connectivity index (χ1n) is 6.36. The van der Waals surface area contributed by atoms with Gasteiger partial charge in [-0.25, -0.2) is 0 Å². The maximum Gasteiger partial charge on any atom is 0.0372 e. The topological polar surface area (TPSA) is 24.9 Å². The minimum Gasteiger partial charge on any atom is -0.306 e. The van der Waals surface area contributed by atoms with Crippen LogP contribution in [0.25, 0.3) is 0 Å². The van der Waals surface area contributed by atoms with Crippen LogP contribution in [0.2, 0.25) is 0 Å². The molecule has 2 rings (SSSR count). The molecule has 94 valence electrons. The van der Waals surface area contributed by atoms with Crippen molar-refractivity contribution in [2.24, 2.45) is 0 Å². The first-order valence-corrected chi connectivity index (χ1v) is 6.36. The van der Waals surface area contributed by atoms with Gasteiger partial charge in [-0.2, -0.15) is 0 Å². The van der Waals surface area contributed by atoms with Crippen LogP contribution in [0.1, 0.15) is 35.3 Å². The standard InChI is InChI=1S/C16H20N2/c1-12-4-8-16(9-5-12)14(3)18-11-15-7-6-13(2)17-10-15/h4-10,14,18H,11H2,1-3H3/t14-/m1/s1. The molecule has 2 nitrogen and oxygen atoms in total. The van der Waals surface area contributed by atoms with E-state index in [-0.39, 0.29) is 0 Å². The van der Waals surface area contributed by atoms with Crippen LogP contribution in [0.4, 0.5) is 0 Å². The smallest absolute Gasteiger partial charge is 0.0372 e. The second kappa shape index (κ2) is 5.78. The van der Waals surface area contributed by atoms with Crippen LogP contribution < -0.4 is 5.32 Å². The highest BCUT2D eigenvalue weighted by Gasteiger charge is 2.04. The zero-order chi connectivity index (χ0) is 13.0. The van der Waals surface area contributed by atoms with Crippen LogP contribution in [0.15, 0.2) is 42.6 Å². The molecule has 2 heteroatoms. The van der Waals surface area contributed by atoms with E-state index >= 15 is 0 Å². The molecule has 0 aliphatic heterocycles. The molecule has 1 N–H and O–H groups in total. The van der Waals surface area contributed by atoms with Crippen LogP contribution in [-0.4, -0.2) is 4.98 Å². The van der Waals surface area contributed by atoms with Crippen molar-refractivity contribution >= 4 is 0 Å². The molecular weight excluding hydrogens is 220 g/mol. The summed E-state index contributed by atoms with van der Waals surface area (Å²) in [7, 11) is 0. The molecule has 1 aromatic heterocycles. The number of pyridine rings is 1. The van der Waals surface area contributed by atoms with Crippen molar-refractivity contribution in [3.05, 3.63) is 65.0 Å². The predicted molar refractivity (Wildman–Crippen MR) is 75.4 cm³/mol. The Kier molecular flexibility index (Phi) is 4.11. The summed E-state index contributed by atoms with van der Waals surface area (Å²) in [6, 6.07) is 13.2. The summed E-state index contributed by atoms with van der Waals surface area (Å²) in [4.78, 5) is 4.30. The first kappa shape index (κ1) is 12.8. The van der Waals surface area contributed by atoms with Crippen molar-refractivity contribution in [3.63, 3.8) is 0 Å². The molecule has 0 saturated carbocycles. The molecule has 0 amide bonds. The maximum absolute atomic E-state index is 4.30. The lowest BCUT2D eigenvalue weighted by Crippen LogP contribution is -2.18. The predicted octanol–water partition coefficient (Wildman–Crippen LogP) is 3.55. The fraction of sp³-hybridized carbons (Fsp3) is 0.312. The number of nitrogens with zero attached hydrogens (tertiary/aromatic N) is 1. The fourth-order valence-electron chi connectivity index (χ4n) is 1.85. The Balaban J connectivity index is 1.93. The first-order chi connectivity index (χ1) is 8.65. The summed E-state index contributed by atoms with van der Waals surface area (Å²) in [5.74, 6) is 0. The summed E-state index contributed by atoms with van der Waals surface area (Å²) in [6.45, 7) is 7.15. The van der Waals surface area contributed by atoms with E-state index in [0.29, 0.717) is 6.04 Å². The van der Waals surface area contributed by atoms with Gasteiger partial charge in [0.1, 0.15) is 0 Å². The molecule has 1 heterocycles. The van der Waals surface area contributed by atoms with Gasteiger partial charge in [0.2, 0.25) is 0 Å². The average Bonchev–Trinajstić information content (AvgIpc) is 2.38. The van der Waals surface area contributed by atoms with E-state index in [2.05, 4.69) is 54.5 Å². The van der Waals surface area contributed by atoms with Crippen molar-refractivity contribution in [2.75, 3.05) is 0 Å². The SMILES string of the molecule is Cc1ccc([C@@H](C)NCc2ccc(C)nc2)cc1. The number of aryl methyl sites for hydroxylation is 2. The van der Waals surface area contributed by atoms with E-state index in [4.69, 9.17) is 0 Å². The van der Waals surface area contributed by atoms with Crippen molar-refractivity contribution in [3.8, 4) is 0 Å². The lowest BCUT2D eigenvalue weighted by Gasteiger charge is -2.14. The van der Waals surface area contributed by atoms with Gasteiger partial charge in [0.15, 0.2) is 0 Å². The van der Waals surface area contributed by atoms with Gasteiger partial charge in [-0.1, -0.05) is 35.9 Å². The van der Waals surface area contributed by atoms with Crippen molar-refractivity contribution in [1.29, 1.82) is 0 Å². The molecular formula is C16H20N2.